The maximum atomic E-state index is 12.5. The van der Waals surface area contributed by atoms with Crippen LogP contribution in [-0.4, -0.2) is 83.7 Å². The molecule has 1 heterocycles. The molecule has 2 rings (SSSR count). The fraction of sp³-hybridized carbons (Fsp3) is 0.556. The van der Waals surface area contributed by atoms with Crippen LogP contribution in [-0.2, 0) is 52.5 Å². The highest BCUT2D eigenvalue weighted by molar-refractivity contribution is 6.06. The van der Waals surface area contributed by atoms with Crippen molar-refractivity contribution in [3.63, 3.8) is 0 Å². The lowest BCUT2D eigenvalue weighted by Gasteiger charge is -2.36. The third-order valence-corrected chi connectivity index (χ3v) is 6.04. The zero-order valence-corrected chi connectivity index (χ0v) is 24.5. The Bertz CT molecular complexity index is 1250. The zero-order chi connectivity index (χ0) is 31.9. The number of carbonyl (C=O) groups excluding carboxylic acids is 5. The van der Waals surface area contributed by atoms with Crippen LogP contribution in [0.15, 0.2) is 17.3 Å². The minimum atomic E-state index is -1.86. The van der Waals surface area contributed by atoms with Crippen LogP contribution in [0.3, 0.4) is 0 Å². The summed E-state index contributed by atoms with van der Waals surface area (Å²) in [5.41, 5.74) is 2.58. The second-order valence-electron chi connectivity index (χ2n) is 9.72. The first-order valence-corrected chi connectivity index (χ1v) is 12.8. The van der Waals surface area contributed by atoms with Crippen LogP contribution in [0.25, 0.3) is 0 Å². The number of esters is 5. The van der Waals surface area contributed by atoms with Gasteiger partial charge in [-0.2, -0.15) is 0 Å². The molecule has 0 N–H and O–H groups in total. The predicted octanol–water partition coefficient (Wildman–Crippen LogP) is 1.65. The van der Waals surface area contributed by atoms with E-state index in [0.717, 1.165) is 40.2 Å². The SMILES string of the molecule is CC(=O)OC[C@@H](OC(C)=O)[C@H](OC(C)=O)[C@H](OC(C)=O)[C@@H](OC(C)=O)[C@H]1ON=C(c2c(C)cc(C)cc2C)[C@@H]1[N+](=O)[O-]. The van der Waals surface area contributed by atoms with E-state index in [2.05, 4.69) is 5.16 Å². The highest BCUT2D eigenvalue weighted by atomic mass is 16.7. The van der Waals surface area contributed by atoms with Crippen molar-refractivity contribution in [1.29, 1.82) is 0 Å². The lowest BCUT2D eigenvalue weighted by Crippen LogP contribution is -2.59. The summed E-state index contributed by atoms with van der Waals surface area (Å²) >= 11 is 0. The van der Waals surface area contributed by atoms with Crippen molar-refractivity contribution in [1.82, 2.24) is 0 Å². The molecule has 0 bridgehead atoms. The molecule has 1 aromatic carbocycles. The van der Waals surface area contributed by atoms with Crippen molar-refractivity contribution in [2.45, 2.75) is 92.0 Å². The molecule has 0 aliphatic carbocycles. The van der Waals surface area contributed by atoms with Crippen molar-refractivity contribution in [3.05, 3.63) is 44.5 Å². The third kappa shape index (κ3) is 8.72. The summed E-state index contributed by atoms with van der Waals surface area (Å²) < 4.78 is 26.4. The molecule has 0 unspecified atom stereocenters. The number of hydrogen-bond acceptors (Lipinski definition) is 14. The van der Waals surface area contributed by atoms with Crippen LogP contribution in [0.5, 0.6) is 0 Å². The number of oxime groups is 1. The standard InChI is InChI=1S/C27H34N2O13/c1-12-9-13(2)21(14(3)10-12)22-23(29(35)36)25(42-28-22)27(41-19(8)34)26(40-18(7)33)24(39-17(6)32)20(38-16(5)31)11-37-15(4)30/h9-10,20,23-27H,11H2,1-8H3/t20-,23+,24+,25+,26+,27+/m1/s1. The summed E-state index contributed by atoms with van der Waals surface area (Å²) in [6.45, 7) is 9.71. The van der Waals surface area contributed by atoms with Gasteiger partial charge >= 0.3 is 35.9 Å². The molecule has 0 saturated carbocycles. The maximum Gasteiger partial charge on any atom is 0.303 e. The molecule has 6 atom stereocenters. The largest absolute Gasteiger partial charge is 0.462 e. The van der Waals surface area contributed by atoms with Crippen LogP contribution in [0.4, 0.5) is 0 Å². The second kappa shape index (κ2) is 14.4. The molecule has 15 heteroatoms. The van der Waals surface area contributed by atoms with Gasteiger partial charge in [-0.15, -0.1) is 0 Å². The molecule has 0 aromatic heterocycles. The molecule has 0 amide bonds. The van der Waals surface area contributed by atoms with E-state index in [4.69, 9.17) is 28.5 Å². The Morgan fingerprint density at radius 1 is 0.833 bits per heavy atom. The number of ether oxygens (including phenoxy) is 5. The number of benzene rings is 1. The fourth-order valence-corrected chi connectivity index (χ4v) is 4.80. The Morgan fingerprint density at radius 2 is 1.33 bits per heavy atom. The van der Waals surface area contributed by atoms with E-state index in [-0.39, 0.29) is 5.71 Å². The maximum absolute atomic E-state index is 12.5. The Balaban J connectivity index is 2.73. The predicted molar refractivity (Wildman–Crippen MR) is 142 cm³/mol. The van der Waals surface area contributed by atoms with Crippen LogP contribution in [0.2, 0.25) is 0 Å². The summed E-state index contributed by atoms with van der Waals surface area (Å²) in [5.74, 6) is -4.59. The van der Waals surface area contributed by atoms with Crippen LogP contribution in [0, 0.1) is 30.9 Å². The van der Waals surface area contributed by atoms with Gasteiger partial charge in [-0.1, -0.05) is 22.9 Å². The van der Waals surface area contributed by atoms with E-state index >= 15 is 0 Å². The quantitative estimate of drug-likeness (QED) is 0.147. The van der Waals surface area contributed by atoms with E-state index in [1.807, 2.05) is 6.92 Å². The summed E-state index contributed by atoms with van der Waals surface area (Å²) in [4.78, 5) is 77.6. The van der Waals surface area contributed by atoms with Crippen molar-refractivity contribution >= 4 is 35.6 Å². The van der Waals surface area contributed by atoms with E-state index in [1.54, 1.807) is 26.0 Å². The zero-order valence-electron chi connectivity index (χ0n) is 24.5. The third-order valence-electron chi connectivity index (χ3n) is 6.04. The Morgan fingerprint density at radius 3 is 1.79 bits per heavy atom. The minimum Gasteiger partial charge on any atom is -0.462 e. The van der Waals surface area contributed by atoms with Crippen LogP contribution < -0.4 is 0 Å². The van der Waals surface area contributed by atoms with E-state index in [9.17, 15) is 34.1 Å². The van der Waals surface area contributed by atoms with Gasteiger partial charge in [-0.25, -0.2) is 0 Å². The molecular formula is C27H34N2O13. The average Bonchev–Trinajstić information content (AvgIpc) is 3.26. The molecule has 1 aliphatic heterocycles. The number of carbonyl (C=O) groups is 5. The van der Waals surface area contributed by atoms with Gasteiger partial charge in [0.1, 0.15) is 6.61 Å². The van der Waals surface area contributed by atoms with Crippen molar-refractivity contribution in [2.24, 2.45) is 5.16 Å². The van der Waals surface area contributed by atoms with E-state index < -0.39 is 77.9 Å². The van der Waals surface area contributed by atoms with Crippen molar-refractivity contribution < 1.29 is 57.4 Å². The van der Waals surface area contributed by atoms with E-state index in [0.29, 0.717) is 16.7 Å². The summed E-state index contributed by atoms with van der Waals surface area (Å²) in [5, 5.41) is 16.5. The van der Waals surface area contributed by atoms with Crippen LogP contribution in [0.1, 0.15) is 56.9 Å². The summed E-state index contributed by atoms with van der Waals surface area (Å²) in [6, 6.07) is 1.84. The smallest absolute Gasteiger partial charge is 0.303 e. The topological polar surface area (TPSA) is 196 Å². The van der Waals surface area contributed by atoms with Gasteiger partial charge in [-0.3, -0.25) is 34.1 Å². The second-order valence-corrected chi connectivity index (χ2v) is 9.72. The first-order valence-electron chi connectivity index (χ1n) is 12.8. The lowest BCUT2D eigenvalue weighted by atomic mass is 9.87. The molecule has 0 radical (unpaired) electrons. The molecule has 0 fully saturated rings. The molecule has 0 spiro atoms. The minimum absolute atomic E-state index is 0.0841. The summed E-state index contributed by atoms with van der Waals surface area (Å²) in [6.07, 6.45) is -8.81. The Hall–Kier alpha value is -4.56. The van der Waals surface area contributed by atoms with Gasteiger partial charge in [-0.05, 0) is 31.9 Å². The van der Waals surface area contributed by atoms with Crippen molar-refractivity contribution in [3.8, 4) is 0 Å². The van der Waals surface area contributed by atoms with E-state index in [1.165, 1.54) is 0 Å². The lowest BCUT2D eigenvalue weighted by molar-refractivity contribution is -0.514. The number of hydrogen-bond donors (Lipinski definition) is 0. The van der Waals surface area contributed by atoms with Gasteiger partial charge in [0.25, 0.3) is 0 Å². The fourth-order valence-electron chi connectivity index (χ4n) is 4.80. The number of nitro groups is 1. The average molecular weight is 595 g/mol. The number of aryl methyl sites for hydroxylation is 3. The first kappa shape index (κ1) is 33.6. The Kier molecular flexibility index (Phi) is 11.5. The first-order chi connectivity index (χ1) is 19.5. The molecule has 15 nitrogen and oxygen atoms in total. The molecular weight excluding hydrogens is 560 g/mol. The van der Waals surface area contributed by atoms with Gasteiger partial charge in [0.15, 0.2) is 30.1 Å². The molecule has 42 heavy (non-hydrogen) atoms. The van der Waals surface area contributed by atoms with Gasteiger partial charge in [0, 0.05) is 45.1 Å². The highest BCUT2D eigenvalue weighted by Gasteiger charge is 2.57. The van der Waals surface area contributed by atoms with Gasteiger partial charge < -0.3 is 28.5 Å². The van der Waals surface area contributed by atoms with Gasteiger partial charge in [0.05, 0.1) is 0 Å². The monoisotopic (exact) mass is 594 g/mol. The molecule has 1 aromatic rings. The number of rotatable bonds is 12. The highest BCUT2D eigenvalue weighted by Crippen LogP contribution is 2.32. The molecule has 230 valence electrons. The number of nitrogens with zero attached hydrogens (tertiary/aromatic N) is 2. The van der Waals surface area contributed by atoms with Gasteiger partial charge in [0.2, 0.25) is 6.10 Å². The normalized spacial score (nSPS) is 18.7. The van der Waals surface area contributed by atoms with Crippen molar-refractivity contribution in [2.75, 3.05) is 6.61 Å². The molecule has 0 saturated heterocycles. The summed E-state index contributed by atoms with van der Waals surface area (Å²) in [7, 11) is 0. The van der Waals surface area contributed by atoms with Crippen LogP contribution >= 0.6 is 0 Å². The Labute approximate surface area is 241 Å². The molecule has 1 aliphatic rings.